The number of aldehydes is 1. The summed E-state index contributed by atoms with van der Waals surface area (Å²) in [5.74, 6) is 0. The topological polar surface area (TPSA) is 307 Å². The molecule has 4 heterocycles. The summed E-state index contributed by atoms with van der Waals surface area (Å²) >= 11 is 19.0. The van der Waals surface area contributed by atoms with E-state index in [-0.39, 0.29) is 286 Å². The van der Waals surface area contributed by atoms with Gasteiger partial charge >= 0.3 is 44.0 Å². The van der Waals surface area contributed by atoms with E-state index in [0.717, 1.165) is 146 Å². The maximum absolute atomic E-state index is 10.0. The second-order valence-corrected chi connectivity index (χ2v) is 27.2. The molecule has 0 unspecified atom stereocenters. The Morgan fingerprint density at radius 2 is 0.836 bits per heavy atom. The van der Waals surface area contributed by atoms with Crippen LogP contribution in [0.25, 0.3) is 54.2 Å². The Kier molecular flexibility index (Phi) is 79.9. The van der Waals surface area contributed by atoms with E-state index >= 15 is 0 Å². The molecule has 35 heteroatoms. The number of nitrogen functional groups attached to an aromatic ring is 2. The van der Waals surface area contributed by atoms with Gasteiger partial charge in [-0.3, -0.25) is 40.1 Å². The van der Waals surface area contributed by atoms with Crippen LogP contribution in [0.2, 0.25) is 0 Å². The first kappa shape index (κ1) is 121. The fourth-order valence-electron chi connectivity index (χ4n) is 9.56. The smallest absolute Gasteiger partial charge is 0.715 e. The molecule has 4 aromatic heterocycles. The summed E-state index contributed by atoms with van der Waals surface area (Å²) in [7, 11) is 3.39. The third-order valence-corrected chi connectivity index (χ3v) is 18.2. The number of aromatic nitrogens is 4. The van der Waals surface area contributed by atoms with Crippen LogP contribution in [0.15, 0.2) is 241 Å². The van der Waals surface area contributed by atoms with Gasteiger partial charge in [0.1, 0.15) is 9.39 Å². The molecule has 0 spiro atoms. The van der Waals surface area contributed by atoms with Gasteiger partial charge in [0.05, 0.1) is 24.6 Å². The minimum atomic E-state index is -2.17. The standard InChI is InChI=1S/C21H25N3O.C11H11BO2.C11H17BrN2O.C11H9Br.C10H8BrN.C6H4BrNO.C5H3BrIN.3Ac.BH3O3.BHO.Na.H2O2.3Pr/c1-3-24(12-13-25-2)15-17-9-8-16(14-23-17)18-10-11-21(22)20-7-5-4-6-19(18)20;1-8-6-7-11(12(13)14)10-5-3-2-4-9(8)10;1-3-14(6-7-15-2)9-11-5-4-10(12)8-13-11;1-8-6-7-11(12)10-5-3-2-4-9(8)10;11-9-5-6-10(12)8-4-2-1-3-7(8)9;7-5-1-2-6(4-9)8-3-5;6-4-1-2-5(7)8-3-4;;;;2-1(3)4;1-2;;1-2;;;/h4-11,14H,3,12-13,15,22H2,1-2H3;2-7,13-14H,1H3;4-5,8H,3,6-7,9H2,1-2H3;2-7H,1H3;1-6H,12H2;1-4H;1-3H;;;;2-4H;2H;;1-2H;;;/q;;;;;;;;;;;-1;+1;;;;. The molecule has 8 aromatic carbocycles. The maximum Gasteiger partial charge on any atom is 1.00 e. The molecule has 0 saturated heterocycles. The van der Waals surface area contributed by atoms with Crippen LogP contribution in [0, 0.1) is 274 Å². The summed E-state index contributed by atoms with van der Waals surface area (Å²) in [4.78, 5) is 31.5. The first-order valence-corrected chi connectivity index (χ1v) is 36.7. The maximum atomic E-state index is 10.0. The summed E-state index contributed by atoms with van der Waals surface area (Å²) in [6, 6.07) is 63.9. The van der Waals surface area contributed by atoms with Crippen molar-refractivity contribution < 1.29 is 341 Å². The van der Waals surface area contributed by atoms with Crippen molar-refractivity contribution in [2.75, 3.05) is 65.1 Å². The Hall–Kier alpha value is 2.93. The number of rotatable bonds is 15. The average Bonchev–Trinajstić information content (AvgIpc) is 0.810. The van der Waals surface area contributed by atoms with Gasteiger partial charge in [0.2, 0.25) is 0 Å². The number of methoxy groups -OCH3 is 2. The van der Waals surface area contributed by atoms with Crippen LogP contribution >= 0.6 is 102 Å². The zero-order chi connectivity index (χ0) is 76.2. The van der Waals surface area contributed by atoms with Gasteiger partial charge in [0, 0.05) is 371 Å². The Morgan fingerprint density at radius 3 is 1.21 bits per heavy atom. The van der Waals surface area contributed by atoms with E-state index in [1.54, 1.807) is 44.8 Å². The molecule has 0 bridgehead atoms. The van der Waals surface area contributed by atoms with Gasteiger partial charge in [-0.15, -0.1) is 0 Å². The van der Waals surface area contributed by atoms with Crippen molar-refractivity contribution in [3.63, 3.8) is 0 Å². The molecule has 0 aliphatic rings. The van der Waals surface area contributed by atoms with Crippen molar-refractivity contribution in [1.29, 1.82) is 0 Å². The Bertz CT molecular complexity index is 4250. The van der Waals surface area contributed by atoms with Gasteiger partial charge in [-0.05, 0) is 219 Å². The van der Waals surface area contributed by atoms with E-state index in [1.807, 2.05) is 122 Å². The number of carbonyl (C=O) groups excluding carboxylic acids is 1. The number of anilines is 2. The van der Waals surface area contributed by atoms with E-state index in [1.165, 1.54) is 20.8 Å². The Balaban J connectivity index is -0.000000389. The number of aryl methyl sites for hydroxylation is 2. The molecular formula is C75H83Ac3B3Br5IN8NaO11Pr3. The normalized spacial score (nSPS) is 9.45. The number of halogens is 6. The van der Waals surface area contributed by atoms with Gasteiger partial charge < -0.3 is 59.1 Å². The number of carbonyl (C=O) groups is 1. The number of ether oxygens (including phenoxy) is 2. The van der Waals surface area contributed by atoms with Gasteiger partial charge in [-0.1, -0.05) is 173 Å². The summed E-state index contributed by atoms with van der Waals surface area (Å²) in [6.45, 7) is 15.5. The van der Waals surface area contributed by atoms with Crippen LogP contribution in [0.3, 0.4) is 0 Å². The monoisotopic (exact) mass is 2950 g/mol. The van der Waals surface area contributed by atoms with Gasteiger partial charge in [0.25, 0.3) is 0 Å². The Labute approximate surface area is 932 Å². The number of hydrogen-bond acceptors (Lipinski definition) is 19. The fraction of sp³-hybridized carbons (Fsp3) is 0.187. The quantitative estimate of drug-likeness (QED) is 0.00867. The number of fused-ring (bicyclic) bond motifs is 4. The summed E-state index contributed by atoms with van der Waals surface area (Å²) in [5, 5.41) is 67.4. The molecule has 0 saturated carbocycles. The van der Waals surface area contributed by atoms with E-state index in [4.69, 9.17) is 61.6 Å². The van der Waals surface area contributed by atoms with Crippen LogP contribution in [-0.4, -0.2) is 153 Å². The molecule has 12 rings (SSSR count). The summed E-state index contributed by atoms with van der Waals surface area (Å²) < 4.78 is 16.4. The third kappa shape index (κ3) is 47.0. The van der Waals surface area contributed by atoms with Crippen LogP contribution in [0.4, 0.5) is 11.4 Å². The predicted molar refractivity (Wildman–Crippen MR) is 448 cm³/mol. The second kappa shape index (κ2) is 72.4. The number of likely N-dealkylation sites (N-methyl/N-ethyl adjacent to an activating group) is 2. The minimum Gasteiger partial charge on any atom is -0.715 e. The first-order chi connectivity index (χ1) is 49.6. The second-order valence-electron chi connectivity index (χ2n) is 21.6. The molecule has 559 valence electrons. The van der Waals surface area contributed by atoms with Crippen molar-refractivity contribution in [3.05, 3.63) is 273 Å². The van der Waals surface area contributed by atoms with E-state index in [0.29, 0.717) is 17.4 Å². The zero-order valence-electron chi connectivity index (χ0n) is 62.1. The van der Waals surface area contributed by atoms with Gasteiger partial charge in [-0.25, -0.2) is 4.98 Å². The predicted octanol–water partition coefficient (Wildman–Crippen LogP) is 12.3. The van der Waals surface area contributed by atoms with Crippen molar-refractivity contribution in [3.8, 4) is 11.1 Å². The molecule has 0 fully saturated rings. The van der Waals surface area contributed by atoms with Crippen molar-refractivity contribution in [2.24, 2.45) is 0 Å². The van der Waals surface area contributed by atoms with Crippen molar-refractivity contribution in [1.82, 2.24) is 29.7 Å². The largest absolute Gasteiger partial charge is 1.00 e. The fourth-order valence-corrected chi connectivity index (χ4v) is 11.5. The van der Waals surface area contributed by atoms with Crippen molar-refractivity contribution in [2.45, 2.75) is 40.8 Å². The first-order valence-electron chi connectivity index (χ1n) is 31.6. The SMILES string of the molecule is Brc1ccc(I)nc1.CCN(CCOC)Cc1ccc(-c2ccc(N)c3ccccc23)cn1.CCN(CCOC)Cc1ccc(Br)cn1.Cc1ccc(B(O)O)c2ccccc12.Cc1ccc(Br)c2ccccc12.Nc1ccc(Br)c2ccccc12.O=Cc1ccc(Br)cn1.OB(O)O.OO.[Ac].[Ac].[Ac].[B-]O.[Na+].[Pr].[Pr].[Pr]. The van der Waals surface area contributed by atoms with Crippen molar-refractivity contribution >= 4 is 191 Å². The van der Waals surface area contributed by atoms with E-state index in [2.05, 4.69) is 234 Å². The molecular weight excluding hydrogens is 2870 g/mol. The minimum absolute atomic E-state index is 0. The van der Waals surface area contributed by atoms with Crippen LogP contribution < -0.4 is 46.5 Å². The zero-order valence-corrected chi connectivity index (χ0v) is 99.6. The molecule has 19 nitrogen and oxygen atoms in total. The molecule has 0 aliphatic heterocycles. The molecule has 12 N–H and O–H groups in total. The summed E-state index contributed by atoms with van der Waals surface area (Å²) in [5.41, 5.74) is 21.5. The average molecular weight is 2960 g/mol. The number of benzene rings is 8. The van der Waals surface area contributed by atoms with Crippen LogP contribution in [0.5, 0.6) is 0 Å². The number of hydrogen-bond donors (Lipinski definition) is 10. The van der Waals surface area contributed by atoms with Gasteiger partial charge in [0.15, 0.2) is 6.29 Å². The molecule has 110 heavy (non-hydrogen) atoms. The molecule has 0 amide bonds. The third-order valence-electron chi connectivity index (χ3n) is 14.8. The molecule has 12 aromatic rings. The molecule has 0 aliphatic carbocycles. The van der Waals surface area contributed by atoms with Crippen LogP contribution in [0.1, 0.15) is 46.9 Å². The number of pyridine rings is 4. The Morgan fingerprint density at radius 1 is 0.473 bits per heavy atom. The van der Waals surface area contributed by atoms with Gasteiger partial charge in [-0.2, -0.15) is 0 Å². The van der Waals surface area contributed by atoms with E-state index < -0.39 is 14.4 Å². The van der Waals surface area contributed by atoms with E-state index in [9.17, 15) is 4.79 Å². The molecule has 0 atom stereocenters. The summed E-state index contributed by atoms with van der Waals surface area (Å²) in [6.07, 6.45) is 7.87. The number of nitrogens with two attached hydrogens (primary N) is 2. The number of nitrogens with zero attached hydrogens (tertiary/aromatic N) is 6. The molecule has 9 radical (unpaired) electrons. The van der Waals surface area contributed by atoms with Crippen LogP contribution in [-0.2, 0) is 22.6 Å².